The first-order valence-corrected chi connectivity index (χ1v) is 6.66. The summed E-state index contributed by atoms with van der Waals surface area (Å²) in [6.45, 7) is 6.07. The van der Waals surface area contributed by atoms with Crippen LogP contribution in [0.5, 0.6) is 5.75 Å². The van der Waals surface area contributed by atoms with E-state index in [1.807, 2.05) is 25.3 Å². The summed E-state index contributed by atoms with van der Waals surface area (Å²) in [4.78, 5) is 13.1. The third-order valence-corrected chi connectivity index (χ3v) is 4.03. The predicted octanol–water partition coefficient (Wildman–Crippen LogP) is 3.91. The number of carbonyl (C=O) groups excluding carboxylic acids is 1. The van der Waals surface area contributed by atoms with Gasteiger partial charge >= 0.3 is 0 Å². The lowest BCUT2D eigenvalue weighted by Gasteiger charge is -2.07. The molecule has 0 saturated heterocycles. The fourth-order valence-corrected chi connectivity index (χ4v) is 2.69. The van der Waals surface area contributed by atoms with Gasteiger partial charge in [0.25, 0.3) is 0 Å². The number of hydrogen-bond donors (Lipinski definition) is 0. The van der Waals surface area contributed by atoms with Crippen molar-refractivity contribution in [3.63, 3.8) is 0 Å². The molecule has 2 rings (SSSR count). The van der Waals surface area contributed by atoms with Crippen LogP contribution in [-0.2, 0) is 0 Å². The molecule has 0 saturated carbocycles. The fraction of sp³-hybridized carbons (Fsp3) is 0.267. The Hall–Kier alpha value is -1.61. The van der Waals surface area contributed by atoms with Gasteiger partial charge in [-0.05, 0) is 43.5 Å². The van der Waals surface area contributed by atoms with E-state index >= 15 is 0 Å². The number of rotatable bonds is 3. The van der Waals surface area contributed by atoms with E-state index in [2.05, 4.69) is 13.0 Å². The third-order valence-electron chi connectivity index (χ3n) is 3.12. The van der Waals surface area contributed by atoms with Crippen LogP contribution in [0.2, 0.25) is 0 Å². The number of methoxy groups -OCH3 is 1. The average molecular weight is 260 g/mol. The van der Waals surface area contributed by atoms with Crippen LogP contribution in [0.3, 0.4) is 0 Å². The van der Waals surface area contributed by atoms with Gasteiger partial charge in [0, 0.05) is 17.0 Å². The van der Waals surface area contributed by atoms with E-state index in [1.54, 1.807) is 13.2 Å². The Morgan fingerprint density at radius 1 is 1.06 bits per heavy atom. The summed E-state index contributed by atoms with van der Waals surface area (Å²) < 4.78 is 5.11. The summed E-state index contributed by atoms with van der Waals surface area (Å²) in [5.41, 5.74) is 4.17. The van der Waals surface area contributed by atoms with Crippen molar-refractivity contribution in [1.29, 1.82) is 0 Å². The molecular weight excluding hydrogens is 244 g/mol. The molecule has 0 aliphatic rings. The molecule has 18 heavy (non-hydrogen) atoms. The summed E-state index contributed by atoms with van der Waals surface area (Å²) in [5, 5.41) is 1.85. The highest BCUT2D eigenvalue weighted by atomic mass is 32.1. The maximum Gasteiger partial charge on any atom is 0.203 e. The van der Waals surface area contributed by atoms with Gasteiger partial charge in [0.15, 0.2) is 0 Å². The second kappa shape index (κ2) is 4.94. The monoisotopic (exact) mass is 260 g/mol. The topological polar surface area (TPSA) is 26.3 Å². The van der Waals surface area contributed by atoms with Gasteiger partial charge in [-0.2, -0.15) is 0 Å². The Balaban J connectivity index is 2.42. The maximum atomic E-state index is 12.4. The standard InChI is InChI=1S/C15H16O2S/c1-9-5-11(3)13(6-10(9)2)15(16)14-7-12(17-4)8-18-14/h5-8H,1-4H3. The minimum Gasteiger partial charge on any atom is -0.496 e. The zero-order chi connectivity index (χ0) is 13.3. The van der Waals surface area contributed by atoms with Crippen molar-refractivity contribution in [3.05, 3.63) is 50.7 Å². The minimum absolute atomic E-state index is 0.0731. The second-order valence-electron chi connectivity index (χ2n) is 4.43. The number of carbonyl (C=O) groups is 1. The van der Waals surface area contributed by atoms with Crippen molar-refractivity contribution in [2.75, 3.05) is 7.11 Å². The Bertz CT molecular complexity index is 597. The number of thiophene rings is 1. The van der Waals surface area contributed by atoms with Crippen LogP contribution in [-0.4, -0.2) is 12.9 Å². The molecule has 2 nitrogen and oxygen atoms in total. The lowest BCUT2D eigenvalue weighted by molar-refractivity contribution is 0.104. The van der Waals surface area contributed by atoms with Crippen LogP contribution >= 0.6 is 11.3 Å². The van der Waals surface area contributed by atoms with E-state index in [9.17, 15) is 4.79 Å². The molecule has 1 aromatic heterocycles. The highest BCUT2D eigenvalue weighted by molar-refractivity contribution is 7.12. The minimum atomic E-state index is 0.0731. The summed E-state index contributed by atoms with van der Waals surface area (Å²) in [6.07, 6.45) is 0. The smallest absolute Gasteiger partial charge is 0.203 e. The van der Waals surface area contributed by atoms with Crippen molar-refractivity contribution < 1.29 is 9.53 Å². The third kappa shape index (κ3) is 2.31. The van der Waals surface area contributed by atoms with Crippen molar-refractivity contribution in [2.45, 2.75) is 20.8 Å². The molecule has 0 amide bonds. The quantitative estimate of drug-likeness (QED) is 0.782. The zero-order valence-electron chi connectivity index (χ0n) is 11.0. The lowest BCUT2D eigenvalue weighted by Crippen LogP contribution is -2.03. The second-order valence-corrected chi connectivity index (χ2v) is 5.34. The fourth-order valence-electron chi connectivity index (χ4n) is 1.88. The largest absolute Gasteiger partial charge is 0.496 e. The Morgan fingerprint density at radius 3 is 2.33 bits per heavy atom. The molecule has 0 fully saturated rings. The molecular formula is C15H16O2S. The zero-order valence-corrected chi connectivity index (χ0v) is 11.9. The van der Waals surface area contributed by atoms with Gasteiger partial charge in [-0.1, -0.05) is 6.07 Å². The molecule has 0 spiro atoms. The molecule has 0 radical (unpaired) electrons. The van der Waals surface area contributed by atoms with E-state index in [0.717, 1.165) is 27.3 Å². The highest BCUT2D eigenvalue weighted by Crippen LogP contribution is 2.26. The van der Waals surface area contributed by atoms with E-state index in [-0.39, 0.29) is 5.78 Å². The van der Waals surface area contributed by atoms with Gasteiger partial charge in [-0.15, -0.1) is 11.3 Å². The number of aryl methyl sites for hydroxylation is 3. The van der Waals surface area contributed by atoms with Crippen LogP contribution in [0.1, 0.15) is 31.9 Å². The summed E-state index contributed by atoms with van der Waals surface area (Å²) in [5.74, 6) is 0.814. The molecule has 2 aromatic rings. The molecule has 0 bridgehead atoms. The van der Waals surface area contributed by atoms with Crippen LogP contribution in [0.15, 0.2) is 23.6 Å². The van der Waals surface area contributed by atoms with E-state index in [4.69, 9.17) is 4.74 Å². The van der Waals surface area contributed by atoms with E-state index < -0.39 is 0 Å². The number of benzene rings is 1. The van der Waals surface area contributed by atoms with Crippen molar-refractivity contribution in [2.24, 2.45) is 0 Å². The maximum absolute atomic E-state index is 12.4. The van der Waals surface area contributed by atoms with Gasteiger partial charge in [0.05, 0.1) is 12.0 Å². The number of ether oxygens (including phenoxy) is 1. The highest BCUT2D eigenvalue weighted by Gasteiger charge is 2.15. The first-order chi connectivity index (χ1) is 8.52. The normalized spacial score (nSPS) is 10.4. The average Bonchev–Trinajstić information content (AvgIpc) is 2.81. The molecule has 94 valence electrons. The Kier molecular flexibility index (Phi) is 3.53. The van der Waals surface area contributed by atoms with Crippen LogP contribution in [0.25, 0.3) is 0 Å². The number of ketones is 1. The number of hydrogen-bond acceptors (Lipinski definition) is 3. The van der Waals surface area contributed by atoms with Crippen molar-refractivity contribution >= 4 is 17.1 Å². The molecule has 0 aliphatic carbocycles. The van der Waals surface area contributed by atoms with Gasteiger partial charge < -0.3 is 4.74 Å². The first-order valence-electron chi connectivity index (χ1n) is 5.78. The van der Waals surface area contributed by atoms with Crippen LogP contribution in [0, 0.1) is 20.8 Å². The SMILES string of the molecule is COc1csc(C(=O)c2cc(C)c(C)cc2C)c1. The lowest BCUT2D eigenvalue weighted by atomic mass is 9.97. The molecule has 1 aromatic carbocycles. The molecule has 0 N–H and O–H groups in total. The first kappa shape index (κ1) is 12.8. The van der Waals surface area contributed by atoms with Crippen molar-refractivity contribution in [3.8, 4) is 5.75 Å². The van der Waals surface area contributed by atoms with Gasteiger partial charge in [0.1, 0.15) is 5.75 Å². The Morgan fingerprint density at radius 2 is 1.72 bits per heavy atom. The van der Waals surface area contributed by atoms with Crippen LogP contribution in [0.4, 0.5) is 0 Å². The summed E-state index contributed by atoms with van der Waals surface area (Å²) in [7, 11) is 1.61. The van der Waals surface area contributed by atoms with Crippen LogP contribution < -0.4 is 4.74 Å². The van der Waals surface area contributed by atoms with E-state index in [1.165, 1.54) is 16.9 Å². The molecule has 0 aliphatic heterocycles. The van der Waals surface area contributed by atoms with E-state index in [0.29, 0.717) is 0 Å². The molecule has 3 heteroatoms. The molecule has 0 unspecified atom stereocenters. The summed E-state index contributed by atoms with van der Waals surface area (Å²) >= 11 is 1.42. The summed E-state index contributed by atoms with van der Waals surface area (Å²) in [6, 6.07) is 5.83. The predicted molar refractivity (Wildman–Crippen MR) is 75.0 cm³/mol. The van der Waals surface area contributed by atoms with Gasteiger partial charge in [-0.3, -0.25) is 4.79 Å². The molecule has 1 heterocycles. The van der Waals surface area contributed by atoms with Gasteiger partial charge in [-0.25, -0.2) is 0 Å². The van der Waals surface area contributed by atoms with Crippen molar-refractivity contribution in [1.82, 2.24) is 0 Å². The van der Waals surface area contributed by atoms with Gasteiger partial charge in [0.2, 0.25) is 5.78 Å². The Labute approximate surface area is 111 Å². The molecule has 0 atom stereocenters.